The molecule has 0 atom stereocenters. The molecule has 36 heavy (non-hydrogen) atoms. The minimum absolute atomic E-state index is 0.0544. The number of halogens is 2. The molecule has 3 aromatic carbocycles. The molecule has 0 spiro atoms. The molecule has 4 rings (SSSR count). The minimum atomic E-state index is -3.24. The number of hydrogen-bond donors (Lipinski definition) is 0. The number of ketones is 1. The highest BCUT2D eigenvalue weighted by molar-refractivity contribution is 7.91. The number of carbonyl (C=O) groups excluding carboxylic acids is 1. The molecular formula is C29H30Cl2O4S. The molecule has 7 heteroatoms. The molecule has 1 fully saturated rings. The van der Waals surface area contributed by atoms with Crippen molar-refractivity contribution in [3.8, 4) is 5.75 Å². The van der Waals surface area contributed by atoms with E-state index in [0.717, 1.165) is 48.1 Å². The van der Waals surface area contributed by atoms with E-state index in [1.54, 1.807) is 37.3 Å². The lowest BCUT2D eigenvalue weighted by molar-refractivity contribution is -0.117. The Hall–Kier alpha value is -2.34. The molecule has 0 aromatic heterocycles. The van der Waals surface area contributed by atoms with E-state index in [1.807, 2.05) is 36.4 Å². The van der Waals surface area contributed by atoms with Crippen molar-refractivity contribution in [2.45, 2.75) is 62.4 Å². The average Bonchev–Trinajstić information content (AvgIpc) is 2.86. The molecule has 0 N–H and O–H groups in total. The van der Waals surface area contributed by atoms with Gasteiger partial charge < -0.3 is 4.74 Å². The first-order chi connectivity index (χ1) is 17.2. The standard InChI is InChI=1S/C29H30Cl2O4S/c1-2-36(33,34)26-13-8-22(9-14-26)19-24(32)18-21-6-11-25(12-7-21)35-29(16-4-3-5-17-29)27-15-10-23(30)20-28(27)31/h6-15,20H,2-5,16-19H2,1H3. The Labute approximate surface area is 223 Å². The highest BCUT2D eigenvalue weighted by atomic mass is 35.5. The predicted molar refractivity (Wildman–Crippen MR) is 145 cm³/mol. The molecule has 1 aliphatic carbocycles. The molecule has 1 saturated carbocycles. The summed E-state index contributed by atoms with van der Waals surface area (Å²) in [7, 11) is -3.24. The summed E-state index contributed by atoms with van der Waals surface area (Å²) in [6.45, 7) is 1.62. The van der Waals surface area contributed by atoms with Crippen molar-refractivity contribution in [3.05, 3.63) is 93.5 Å². The van der Waals surface area contributed by atoms with Crippen LogP contribution in [0.5, 0.6) is 5.75 Å². The predicted octanol–water partition coefficient (Wildman–Crippen LogP) is 7.38. The van der Waals surface area contributed by atoms with Gasteiger partial charge in [-0.1, -0.05) is 66.9 Å². The Kier molecular flexibility index (Phi) is 8.44. The van der Waals surface area contributed by atoms with Crippen LogP contribution in [0.15, 0.2) is 71.6 Å². The van der Waals surface area contributed by atoms with Crippen LogP contribution in [-0.4, -0.2) is 20.0 Å². The second kappa shape index (κ2) is 11.4. The van der Waals surface area contributed by atoms with Crippen molar-refractivity contribution in [2.24, 2.45) is 0 Å². The number of Topliss-reactive ketones (excluding diaryl/α,β-unsaturated/α-hetero) is 1. The van der Waals surface area contributed by atoms with Gasteiger partial charge in [-0.15, -0.1) is 0 Å². The summed E-state index contributed by atoms with van der Waals surface area (Å²) in [5.74, 6) is 0.858. The number of carbonyl (C=O) groups is 1. The van der Waals surface area contributed by atoms with Crippen molar-refractivity contribution in [1.82, 2.24) is 0 Å². The Morgan fingerprint density at radius 2 is 1.44 bits per heavy atom. The number of rotatable bonds is 9. The summed E-state index contributed by atoms with van der Waals surface area (Å²) in [5.41, 5.74) is 2.17. The van der Waals surface area contributed by atoms with Crippen LogP contribution in [0, 0.1) is 0 Å². The van der Waals surface area contributed by atoms with Gasteiger partial charge in [0.25, 0.3) is 0 Å². The van der Waals surface area contributed by atoms with Crippen LogP contribution < -0.4 is 4.74 Å². The summed E-state index contributed by atoms with van der Waals surface area (Å²) in [6, 6.07) is 19.8. The van der Waals surface area contributed by atoms with Crippen molar-refractivity contribution in [3.63, 3.8) is 0 Å². The molecule has 0 heterocycles. The van der Waals surface area contributed by atoms with Crippen LogP contribution in [0.4, 0.5) is 0 Å². The molecule has 0 saturated heterocycles. The Morgan fingerprint density at radius 1 is 0.861 bits per heavy atom. The lowest BCUT2D eigenvalue weighted by Gasteiger charge is -2.38. The van der Waals surface area contributed by atoms with E-state index in [-0.39, 0.29) is 22.9 Å². The second-order valence-corrected chi connectivity index (χ2v) is 12.5. The van der Waals surface area contributed by atoms with Crippen LogP contribution in [0.3, 0.4) is 0 Å². The molecule has 0 radical (unpaired) electrons. The van der Waals surface area contributed by atoms with Crippen molar-refractivity contribution in [2.75, 3.05) is 5.75 Å². The van der Waals surface area contributed by atoms with Crippen molar-refractivity contribution in [1.29, 1.82) is 0 Å². The largest absolute Gasteiger partial charge is 0.483 e. The van der Waals surface area contributed by atoms with Gasteiger partial charge in [0.05, 0.1) is 10.6 Å². The van der Waals surface area contributed by atoms with Gasteiger partial charge >= 0.3 is 0 Å². The average molecular weight is 546 g/mol. The number of benzene rings is 3. The van der Waals surface area contributed by atoms with Gasteiger partial charge in [-0.05, 0) is 73.2 Å². The number of hydrogen-bond acceptors (Lipinski definition) is 4. The van der Waals surface area contributed by atoms with E-state index in [9.17, 15) is 13.2 Å². The van der Waals surface area contributed by atoms with Gasteiger partial charge in [-0.25, -0.2) is 8.42 Å². The summed E-state index contributed by atoms with van der Waals surface area (Å²) in [5, 5.41) is 1.22. The van der Waals surface area contributed by atoms with Crippen molar-refractivity contribution >= 4 is 38.8 Å². The fraction of sp³-hybridized carbons (Fsp3) is 0.345. The first-order valence-corrected chi connectivity index (χ1v) is 14.7. The Bertz CT molecular complexity index is 1310. The van der Waals surface area contributed by atoms with Gasteiger partial charge in [0.2, 0.25) is 0 Å². The molecule has 190 valence electrons. The Balaban J connectivity index is 1.42. The molecule has 1 aliphatic rings. The molecule has 0 bridgehead atoms. The van der Waals surface area contributed by atoms with E-state index < -0.39 is 15.4 Å². The lowest BCUT2D eigenvalue weighted by atomic mass is 9.79. The van der Waals surface area contributed by atoms with E-state index in [1.165, 1.54) is 6.42 Å². The zero-order valence-electron chi connectivity index (χ0n) is 20.3. The highest BCUT2D eigenvalue weighted by Gasteiger charge is 2.38. The molecule has 0 aliphatic heterocycles. The zero-order chi connectivity index (χ0) is 25.8. The highest BCUT2D eigenvalue weighted by Crippen LogP contribution is 2.44. The van der Waals surface area contributed by atoms with Gasteiger partial charge in [-0.2, -0.15) is 0 Å². The molecule has 4 nitrogen and oxygen atoms in total. The van der Waals surface area contributed by atoms with Gasteiger partial charge in [0.1, 0.15) is 17.1 Å². The monoisotopic (exact) mass is 544 g/mol. The Morgan fingerprint density at radius 3 is 2.00 bits per heavy atom. The molecule has 3 aromatic rings. The zero-order valence-corrected chi connectivity index (χ0v) is 22.6. The van der Waals surface area contributed by atoms with Gasteiger partial charge in [0, 0.05) is 28.5 Å². The molecule has 0 unspecified atom stereocenters. The van der Waals surface area contributed by atoms with Crippen LogP contribution in [0.2, 0.25) is 10.0 Å². The van der Waals surface area contributed by atoms with Crippen LogP contribution >= 0.6 is 23.2 Å². The van der Waals surface area contributed by atoms with Crippen LogP contribution in [0.25, 0.3) is 0 Å². The van der Waals surface area contributed by atoms with E-state index in [2.05, 4.69) is 0 Å². The van der Waals surface area contributed by atoms with Crippen molar-refractivity contribution < 1.29 is 17.9 Å². The fourth-order valence-electron chi connectivity index (χ4n) is 4.81. The van der Waals surface area contributed by atoms with Gasteiger partial charge in [-0.3, -0.25) is 4.79 Å². The minimum Gasteiger partial charge on any atom is -0.483 e. The molecular weight excluding hydrogens is 515 g/mol. The van der Waals surface area contributed by atoms with E-state index in [4.69, 9.17) is 27.9 Å². The first-order valence-electron chi connectivity index (χ1n) is 12.3. The van der Waals surface area contributed by atoms with Gasteiger partial charge in [0.15, 0.2) is 9.84 Å². The quantitative estimate of drug-likeness (QED) is 0.282. The maximum Gasteiger partial charge on any atom is 0.178 e. The third-order valence-corrected chi connectivity index (χ3v) is 9.08. The topological polar surface area (TPSA) is 60.4 Å². The number of ether oxygens (including phenoxy) is 1. The number of sulfone groups is 1. The smallest absolute Gasteiger partial charge is 0.178 e. The summed E-state index contributed by atoms with van der Waals surface area (Å²) >= 11 is 12.7. The molecule has 0 amide bonds. The van der Waals surface area contributed by atoms with E-state index >= 15 is 0 Å². The normalized spacial score (nSPS) is 15.4. The maximum absolute atomic E-state index is 12.6. The van der Waals surface area contributed by atoms with Crippen LogP contribution in [0.1, 0.15) is 55.7 Å². The van der Waals surface area contributed by atoms with Crippen LogP contribution in [-0.2, 0) is 33.1 Å². The first kappa shape index (κ1) is 26.7. The summed E-state index contributed by atoms with van der Waals surface area (Å²) in [4.78, 5) is 12.9. The summed E-state index contributed by atoms with van der Waals surface area (Å²) < 4.78 is 30.5. The third-order valence-electron chi connectivity index (χ3n) is 6.78. The lowest BCUT2D eigenvalue weighted by Crippen LogP contribution is -2.35. The fourth-order valence-corrected chi connectivity index (χ4v) is 6.27. The SMILES string of the molecule is CCS(=O)(=O)c1ccc(CC(=O)Cc2ccc(OC3(c4ccc(Cl)cc4Cl)CCCCC3)cc2)cc1. The maximum atomic E-state index is 12.6. The van der Waals surface area contributed by atoms with E-state index in [0.29, 0.717) is 16.5 Å². The summed E-state index contributed by atoms with van der Waals surface area (Å²) in [6.07, 6.45) is 5.62. The third kappa shape index (κ3) is 6.31. The second-order valence-electron chi connectivity index (χ2n) is 9.36.